The molecule has 0 heterocycles. The van der Waals surface area contributed by atoms with Crippen LogP contribution in [0.3, 0.4) is 0 Å². The third-order valence-corrected chi connectivity index (χ3v) is 2.88. The maximum atomic E-state index is 12.6. The first-order chi connectivity index (χ1) is 9.45. The molecule has 1 rings (SSSR count). The number of carbonyl (C=O) groups excluding carboxylic acids is 1. The van der Waals surface area contributed by atoms with E-state index in [4.69, 9.17) is 5.73 Å². The van der Waals surface area contributed by atoms with Gasteiger partial charge in [-0.05, 0) is 24.6 Å². The molecule has 1 unspecified atom stereocenters. The van der Waals surface area contributed by atoms with Crippen molar-refractivity contribution in [3.05, 3.63) is 34.9 Å². The first-order valence-corrected chi connectivity index (χ1v) is 6.03. The summed E-state index contributed by atoms with van der Waals surface area (Å²) in [6, 6.07) is 0.206. The number of alkyl halides is 6. The zero-order valence-electron chi connectivity index (χ0n) is 11.0. The molecule has 0 bridgehead atoms. The van der Waals surface area contributed by atoms with E-state index in [0.29, 0.717) is 18.6 Å². The molecule has 0 radical (unpaired) electrons. The third-order valence-electron chi connectivity index (χ3n) is 2.88. The van der Waals surface area contributed by atoms with Crippen molar-refractivity contribution in [1.29, 1.82) is 0 Å². The van der Waals surface area contributed by atoms with Crippen LogP contribution < -0.4 is 5.73 Å². The quantitative estimate of drug-likeness (QED) is 0.673. The molecule has 0 saturated heterocycles. The number of rotatable bonds is 4. The molecule has 0 fully saturated rings. The fraction of sp³-hybridized carbons (Fsp3) is 0.462. The van der Waals surface area contributed by atoms with E-state index in [1.165, 1.54) is 0 Å². The van der Waals surface area contributed by atoms with Crippen LogP contribution in [0.1, 0.15) is 41.3 Å². The van der Waals surface area contributed by atoms with Crippen molar-refractivity contribution in [1.82, 2.24) is 0 Å². The molecule has 0 spiro atoms. The molecule has 0 saturated carbocycles. The van der Waals surface area contributed by atoms with Crippen LogP contribution in [0.25, 0.3) is 0 Å². The van der Waals surface area contributed by atoms with Gasteiger partial charge < -0.3 is 5.73 Å². The van der Waals surface area contributed by atoms with Gasteiger partial charge >= 0.3 is 12.4 Å². The summed E-state index contributed by atoms with van der Waals surface area (Å²) < 4.78 is 75.7. The highest BCUT2D eigenvalue weighted by Crippen LogP contribution is 2.36. The average molecular weight is 313 g/mol. The minimum absolute atomic E-state index is 0.0173. The Hall–Kier alpha value is -1.57. The van der Waals surface area contributed by atoms with Crippen LogP contribution >= 0.6 is 0 Å². The molecule has 0 aliphatic carbocycles. The number of ketones is 1. The molecule has 2 nitrogen and oxygen atoms in total. The molecule has 118 valence electrons. The Morgan fingerprint density at radius 2 is 1.48 bits per heavy atom. The highest BCUT2D eigenvalue weighted by Gasteiger charge is 2.37. The Morgan fingerprint density at radius 1 is 1.05 bits per heavy atom. The van der Waals surface area contributed by atoms with Gasteiger partial charge in [0.05, 0.1) is 11.1 Å². The highest BCUT2D eigenvalue weighted by molar-refractivity contribution is 5.96. The summed E-state index contributed by atoms with van der Waals surface area (Å²) in [7, 11) is 0. The van der Waals surface area contributed by atoms with Gasteiger partial charge in [0.25, 0.3) is 0 Å². The molecule has 0 aromatic heterocycles. The molecule has 0 aliphatic heterocycles. The number of nitrogens with two attached hydrogens (primary N) is 1. The zero-order valence-corrected chi connectivity index (χ0v) is 11.0. The number of hydrogen-bond acceptors (Lipinski definition) is 2. The maximum absolute atomic E-state index is 12.6. The van der Waals surface area contributed by atoms with Gasteiger partial charge in [0, 0.05) is 18.0 Å². The summed E-state index contributed by atoms with van der Waals surface area (Å²) in [5, 5.41) is 0. The van der Waals surface area contributed by atoms with Gasteiger partial charge in [0.2, 0.25) is 0 Å². The minimum atomic E-state index is -4.97. The van der Waals surface area contributed by atoms with E-state index in [1.54, 1.807) is 6.92 Å². The molecule has 2 N–H and O–H groups in total. The Kier molecular flexibility index (Phi) is 5.03. The largest absolute Gasteiger partial charge is 0.416 e. The first-order valence-electron chi connectivity index (χ1n) is 6.03. The van der Waals surface area contributed by atoms with Crippen LogP contribution in [0.5, 0.6) is 0 Å². The van der Waals surface area contributed by atoms with Gasteiger partial charge in [-0.2, -0.15) is 26.3 Å². The molecule has 0 amide bonds. The average Bonchev–Trinajstić information content (AvgIpc) is 2.35. The van der Waals surface area contributed by atoms with Crippen molar-refractivity contribution < 1.29 is 31.1 Å². The normalized spacial score (nSPS) is 14.1. The second-order valence-corrected chi connectivity index (χ2v) is 4.59. The summed E-state index contributed by atoms with van der Waals surface area (Å²) in [6.45, 7) is 1.66. The second-order valence-electron chi connectivity index (χ2n) is 4.59. The lowest BCUT2D eigenvalue weighted by molar-refractivity contribution is -0.143. The number of benzene rings is 1. The molecular weight excluding hydrogens is 300 g/mol. The number of Topliss-reactive ketones (excluding diaryl/α,β-unsaturated/α-hetero) is 1. The van der Waals surface area contributed by atoms with Gasteiger partial charge in [-0.25, -0.2) is 0 Å². The zero-order chi connectivity index (χ0) is 16.4. The summed E-state index contributed by atoms with van der Waals surface area (Å²) in [5.41, 5.74) is 1.84. The summed E-state index contributed by atoms with van der Waals surface area (Å²) in [6.07, 6.45) is -9.86. The number of halogens is 6. The minimum Gasteiger partial charge on any atom is -0.327 e. The van der Waals surface area contributed by atoms with E-state index in [1.807, 2.05) is 0 Å². The van der Waals surface area contributed by atoms with E-state index in [9.17, 15) is 31.1 Å². The molecule has 1 aromatic rings. The van der Waals surface area contributed by atoms with E-state index >= 15 is 0 Å². The van der Waals surface area contributed by atoms with Gasteiger partial charge in [-0.3, -0.25) is 4.79 Å². The van der Waals surface area contributed by atoms with Crippen LogP contribution in [0.2, 0.25) is 0 Å². The Balaban J connectivity index is 3.29. The van der Waals surface area contributed by atoms with Crippen LogP contribution in [0, 0.1) is 0 Å². The lowest BCUT2D eigenvalue weighted by Gasteiger charge is -2.14. The van der Waals surface area contributed by atoms with Crippen LogP contribution in [-0.2, 0) is 12.4 Å². The van der Waals surface area contributed by atoms with Crippen LogP contribution in [-0.4, -0.2) is 11.8 Å². The van der Waals surface area contributed by atoms with E-state index in [-0.39, 0.29) is 12.5 Å². The lowest BCUT2D eigenvalue weighted by atomic mass is 9.98. The van der Waals surface area contributed by atoms with E-state index < -0.39 is 40.9 Å². The molecular formula is C13H13F6NO. The number of hydrogen-bond donors (Lipinski definition) is 1. The van der Waals surface area contributed by atoms with Crippen LogP contribution in [0.4, 0.5) is 26.3 Å². The second kappa shape index (κ2) is 6.05. The molecule has 8 heteroatoms. The smallest absolute Gasteiger partial charge is 0.327 e. The third kappa shape index (κ3) is 4.73. The van der Waals surface area contributed by atoms with Crippen molar-refractivity contribution in [3.8, 4) is 0 Å². The Morgan fingerprint density at radius 3 is 1.81 bits per heavy atom. The predicted octanol–water partition coefficient (Wildman–Crippen LogP) is 4.03. The SMILES string of the molecule is CCC(N)CC(=O)c1cc(C(F)(F)F)cc(C(F)(F)F)c1. The Bertz CT molecular complexity index is 488. The molecule has 1 atom stereocenters. The topological polar surface area (TPSA) is 43.1 Å². The lowest BCUT2D eigenvalue weighted by Crippen LogP contribution is -2.23. The maximum Gasteiger partial charge on any atom is 0.416 e. The van der Waals surface area contributed by atoms with Gasteiger partial charge in [-0.1, -0.05) is 6.92 Å². The highest BCUT2D eigenvalue weighted by atomic mass is 19.4. The van der Waals surface area contributed by atoms with Crippen molar-refractivity contribution in [2.75, 3.05) is 0 Å². The molecule has 21 heavy (non-hydrogen) atoms. The monoisotopic (exact) mass is 313 g/mol. The van der Waals surface area contributed by atoms with Crippen molar-refractivity contribution in [2.24, 2.45) is 5.73 Å². The van der Waals surface area contributed by atoms with E-state index in [2.05, 4.69) is 0 Å². The number of carbonyl (C=O) groups is 1. The van der Waals surface area contributed by atoms with Crippen LogP contribution in [0.15, 0.2) is 18.2 Å². The fourth-order valence-corrected chi connectivity index (χ4v) is 1.62. The van der Waals surface area contributed by atoms with Crippen molar-refractivity contribution in [2.45, 2.75) is 38.2 Å². The van der Waals surface area contributed by atoms with Crippen molar-refractivity contribution in [3.63, 3.8) is 0 Å². The van der Waals surface area contributed by atoms with Gasteiger partial charge in [0.1, 0.15) is 0 Å². The molecule has 0 aliphatic rings. The Labute approximate surface area is 116 Å². The summed E-state index contributed by atoms with van der Waals surface area (Å²) >= 11 is 0. The summed E-state index contributed by atoms with van der Waals surface area (Å²) in [4.78, 5) is 11.8. The standard InChI is InChI=1S/C13H13F6NO/c1-2-10(20)6-11(21)7-3-8(12(14,15)16)5-9(4-7)13(17,18)19/h3-5,10H,2,6,20H2,1H3. The fourth-order valence-electron chi connectivity index (χ4n) is 1.62. The first kappa shape index (κ1) is 17.5. The van der Waals surface area contributed by atoms with Gasteiger partial charge in [0.15, 0.2) is 5.78 Å². The van der Waals surface area contributed by atoms with Crippen molar-refractivity contribution >= 4 is 5.78 Å². The summed E-state index contributed by atoms with van der Waals surface area (Å²) in [5.74, 6) is -0.846. The molecule has 1 aromatic carbocycles. The van der Waals surface area contributed by atoms with E-state index in [0.717, 1.165) is 0 Å². The predicted molar refractivity (Wildman–Crippen MR) is 63.7 cm³/mol. The van der Waals surface area contributed by atoms with Gasteiger partial charge in [-0.15, -0.1) is 0 Å².